The van der Waals surface area contributed by atoms with E-state index in [1.54, 1.807) is 14.2 Å². The van der Waals surface area contributed by atoms with Crippen molar-refractivity contribution in [2.75, 3.05) is 45.8 Å². The summed E-state index contributed by atoms with van der Waals surface area (Å²) in [5.74, 6) is 0.639. The smallest absolute Gasteiger partial charge is 0.238 e. The molecular formula is C19H28N2O4. The fraction of sp³-hybridized carbons (Fsp3) is 0.632. The lowest BCUT2D eigenvalue weighted by Crippen LogP contribution is -2.58. The Kier molecular flexibility index (Phi) is 5.61. The minimum atomic E-state index is -0.256. The van der Waals surface area contributed by atoms with E-state index in [-0.39, 0.29) is 17.6 Å². The summed E-state index contributed by atoms with van der Waals surface area (Å²) >= 11 is 0. The molecule has 1 spiro atoms. The summed E-state index contributed by atoms with van der Waals surface area (Å²) in [5, 5.41) is 2.98. The summed E-state index contributed by atoms with van der Waals surface area (Å²) in [4.78, 5) is 14.7. The molecule has 1 aromatic carbocycles. The molecule has 3 rings (SSSR count). The number of methoxy groups -OCH3 is 2. The highest BCUT2D eigenvalue weighted by molar-refractivity contribution is 5.93. The van der Waals surface area contributed by atoms with Crippen LogP contribution in [-0.4, -0.2) is 63.0 Å². The van der Waals surface area contributed by atoms with Crippen molar-refractivity contribution in [2.45, 2.75) is 37.9 Å². The second-order valence-electron chi connectivity index (χ2n) is 6.99. The molecule has 0 saturated carbocycles. The van der Waals surface area contributed by atoms with Crippen molar-refractivity contribution in [1.29, 1.82) is 0 Å². The lowest BCUT2D eigenvalue weighted by atomic mass is 9.87. The number of nitrogens with one attached hydrogen (secondary N) is 1. The van der Waals surface area contributed by atoms with Crippen molar-refractivity contribution in [3.8, 4) is 5.75 Å². The zero-order valence-electron chi connectivity index (χ0n) is 15.3. The maximum absolute atomic E-state index is 12.5. The Morgan fingerprint density at radius 3 is 2.96 bits per heavy atom. The number of aryl methyl sites for hydroxylation is 1. The van der Waals surface area contributed by atoms with Gasteiger partial charge in [-0.15, -0.1) is 0 Å². The predicted octanol–water partition coefficient (Wildman–Crippen LogP) is 2.21. The molecule has 138 valence electrons. The normalized spacial score (nSPS) is 26.8. The van der Waals surface area contributed by atoms with Gasteiger partial charge < -0.3 is 19.5 Å². The lowest BCUT2D eigenvalue weighted by Gasteiger charge is -2.44. The summed E-state index contributed by atoms with van der Waals surface area (Å²) in [6.07, 6.45) is 3.05. The molecular weight excluding hydrogens is 320 g/mol. The minimum Gasteiger partial charge on any atom is -0.495 e. The van der Waals surface area contributed by atoms with Crippen LogP contribution in [0.25, 0.3) is 0 Å². The lowest BCUT2D eigenvalue weighted by molar-refractivity contribution is -0.146. The molecule has 6 heteroatoms. The largest absolute Gasteiger partial charge is 0.495 e. The Hall–Kier alpha value is -1.63. The molecule has 2 saturated heterocycles. The molecule has 0 unspecified atom stereocenters. The monoisotopic (exact) mass is 348 g/mol. The van der Waals surface area contributed by atoms with Crippen molar-refractivity contribution in [3.05, 3.63) is 23.8 Å². The van der Waals surface area contributed by atoms with Crippen LogP contribution in [0.4, 0.5) is 5.69 Å². The zero-order valence-corrected chi connectivity index (χ0v) is 15.3. The first-order valence-corrected chi connectivity index (χ1v) is 8.90. The highest BCUT2D eigenvalue weighted by Gasteiger charge is 2.47. The average molecular weight is 348 g/mol. The van der Waals surface area contributed by atoms with Crippen LogP contribution in [0.15, 0.2) is 18.2 Å². The van der Waals surface area contributed by atoms with E-state index < -0.39 is 0 Å². The van der Waals surface area contributed by atoms with E-state index in [0.29, 0.717) is 18.0 Å². The molecule has 1 aromatic rings. The van der Waals surface area contributed by atoms with Gasteiger partial charge in [0.1, 0.15) is 11.4 Å². The number of benzene rings is 1. The fourth-order valence-electron chi connectivity index (χ4n) is 4.00. The van der Waals surface area contributed by atoms with Gasteiger partial charge in [-0.25, -0.2) is 0 Å². The van der Waals surface area contributed by atoms with Crippen LogP contribution in [0.2, 0.25) is 0 Å². The second-order valence-corrected chi connectivity index (χ2v) is 6.99. The Bertz CT molecular complexity index is 613. The maximum Gasteiger partial charge on any atom is 0.238 e. The van der Waals surface area contributed by atoms with Gasteiger partial charge in [0, 0.05) is 26.8 Å². The molecule has 2 fully saturated rings. The molecule has 2 aliphatic rings. The van der Waals surface area contributed by atoms with Crippen molar-refractivity contribution in [1.82, 2.24) is 4.90 Å². The Balaban J connectivity index is 1.63. The summed E-state index contributed by atoms with van der Waals surface area (Å²) in [7, 11) is 3.36. The average Bonchev–Trinajstić information content (AvgIpc) is 3.04. The first-order chi connectivity index (χ1) is 12.1. The first kappa shape index (κ1) is 18.2. The number of ether oxygens (including phenoxy) is 3. The molecule has 0 radical (unpaired) electrons. The van der Waals surface area contributed by atoms with E-state index in [2.05, 4.69) is 10.2 Å². The number of nitrogens with zero attached hydrogens (tertiary/aromatic N) is 1. The summed E-state index contributed by atoms with van der Waals surface area (Å²) < 4.78 is 17.0. The molecule has 2 heterocycles. The Morgan fingerprint density at radius 2 is 2.28 bits per heavy atom. The van der Waals surface area contributed by atoms with Crippen LogP contribution in [0.5, 0.6) is 5.75 Å². The molecule has 25 heavy (non-hydrogen) atoms. The van der Waals surface area contributed by atoms with Crippen LogP contribution in [0.1, 0.15) is 24.8 Å². The number of rotatable bonds is 5. The van der Waals surface area contributed by atoms with Crippen molar-refractivity contribution < 1.29 is 19.0 Å². The van der Waals surface area contributed by atoms with E-state index in [1.807, 2.05) is 25.1 Å². The minimum absolute atomic E-state index is 0.0343. The quantitative estimate of drug-likeness (QED) is 0.884. The maximum atomic E-state index is 12.5. The summed E-state index contributed by atoms with van der Waals surface area (Å²) in [6.45, 7) is 4.69. The molecule has 0 aromatic heterocycles. The van der Waals surface area contributed by atoms with Crippen LogP contribution >= 0.6 is 0 Å². The summed E-state index contributed by atoms with van der Waals surface area (Å²) in [6, 6.07) is 5.76. The third kappa shape index (κ3) is 3.97. The second kappa shape index (κ2) is 7.72. The number of hydrogen-bond acceptors (Lipinski definition) is 5. The van der Waals surface area contributed by atoms with Gasteiger partial charge in [-0.3, -0.25) is 9.69 Å². The summed E-state index contributed by atoms with van der Waals surface area (Å²) in [5.41, 5.74) is 1.54. The van der Waals surface area contributed by atoms with E-state index in [0.717, 1.165) is 44.5 Å². The van der Waals surface area contributed by atoms with Gasteiger partial charge in [0.05, 0.1) is 25.4 Å². The van der Waals surface area contributed by atoms with Crippen LogP contribution in [-0.2, 0) is 14.3 Å². The van der Waals surface area contributed by atoms with Gasteiger partial charge in [-0.2, -0.15) is 0 Å². The highest BCUT2D eigenvalue weighted by atomic mass is 16.6. The van der Waals surface area contributed by atoms with Gasteiger partial charge in [0.25, 0.3) is 0 Å². The van der Waals surface area contributed by atoms with Crippen molar-refractivity contribution >= 4 is 11.6 Å². The van der Waals surface area contributed by atoms with Crippen LogP contribution in [0, 0.1) is 6.92 Å². The topological polar surface area (TPSA) is 60.0 Å². The number of likely N-dealkylation sites (tertiary alicyclic amines) is 1. The van der Waals surface area contributed by atoms with Crippen LogP contribution in [0.3, 0.4) is 0 Å². The molecule has 2 atom stereocenters. The number of carbonyl (C=O) groups excluding carboxylic acids is 1. The highest BCUT2D eigenvalue weighted by Crippen LogP contribution is 2.36. The standard InChI is InChI=1S/C19H28N2O4/c1-14-5-6-16(23-2)15(11-14)20-18(22)12-21-9-7-17(24-3)19(13-21)8-4-10-25-19/h5-6,11,17H,4,7-10,12-13H2,1-3H3,(H,20,22)/t17-,19+/m0/s1. The third-order valence-corrected chi connectivity index (χ3v) is 5.20. The molecule has 1 amide bonds. The Morgan fingerprint density at radius 1 is 1.44 bits per heavy atom. The van der Waals surface area contributed by atoms with E-state index in [4.69, 9.17) is 14.2 Å². The van der Waals surface area contributed by atoms with Crippen molar-refractivity contribution in [2.24, 2.45) is 0 Å². The Labute approximate surface area is 149 Å². The van der Waals surface area contributed by atoms with E-state index in [1.165, 1.54) is 0 Å². The number of piperidine rings is 1. The number of anilines is 1. The molecule has 1 N–H and O–H groups in total. The van der Waals surface area contributed by atoms with E-state index in [9.17, 15) is 4.79 Å². The van der Waals surface area contributed by atoms with Gasteiger partial charge in [-0.05, 0) is 43.9 Å². The SMILES string of the molecule is COc1ccc(C)cc1NC(=O)CN1CC[C@H](OC)[C@@]2(CCCO2)C1. The van der Waals surface area contributed by atoms with Gasteiger partial charge >= 0.3 is 0 Å². The van der Waals surface area contributed by atoms with Crippen molar-refractivity contribution in [3.63, 3.8) is 0 Å². The molecule has 0 aliphatic carbocycles. The number of amides is 1. The third-order valence-electron chi connectivity index (χ3n) is 5.20. The molecule has 0 bridgehead atoms. The number of hydrogen-bond donors (Lipinski definition) is 1. The van der Waals surface area contributed by atoms with Gasteiger partial charge in [0.2, 0.25) is 5.91 Å². The predicted molar refractivity (Wildman–Crippen MR) is 96.1 cm³/mol. The fourth-order valence-corrected chi connectivity index (χ4v) is 4.00. The zero-order chi connectivity index (χ0) is 17.9. The van der Waals surface area contributed by atoms with Gasteiger partial charge in [-0.1, -0.05) is 6.07 Å². The van der Waals surface area contributed by atoms with Gasteiger partial charge in [0.15, 0.2) is 0 Å². The molecule has 6 nitrogen and oxygen atoms in total. The molecule has 2 aliphatic heterocycles. The van der Waals surface area contributed by atoms with E-state index >= 15 is 0 Å². The first-order valence-electron chi connectivity index (χ1n) is 8.90. The van der Waals surface area contributed by atoms with Crippen LogP contribution < -0.4 is 10.1 Å². The number of carbonyl (C=O) groups is 1.